The lowest BCUT2D eigenvalue weighted by atomic mass is 10.2. The van der Waals surface area contributed by atoms with Crippen LogP contribution in [0.3, 0.4) is 0 Å². The second-order valence-electron chi connectivity index (χ2n) is 6.41. The van der Waals surface area contributed by atoms with Gasteiger partial charge in [0.1, 0.15) is 17.7 Å². The minimum absolute atomic E-state index is 0. The van der Waals surface area contributed by atoms with E-state index >= 15 is 0 Å². The molecule has 25 heavy (non-hydrogen) atoms. The number of hydrogen-bond acceptors (Lipinski definition) is 5. The van der Waals surface area contributed by atoms with E-state index in [1.165, 1.54) is 0 Å². The van der Waals surface area contributed by atoms with E-state index in [0.717, 1.165) is 5.39 Å². The Hall–Kier alpha value is -2.02. The number of carbonyl (C=O) groups is 2. The summed E-state index contributed by atoms with van der Waals surface area (Å²) in [6.45, 7) is 8.16. The van der Waals surface area contributed by atoms with Gasteiger partial charge in [-0.2, -0.15) is 0 Å². The third kappa shape index (κ3) is 6.42. The molecule has 0 aliphatic rings. The molecule has 7 heteroatoms. The summed E-state index contributed by atoms with van der Waals surface area (Å²) in [5.74, 6) is -0.660. The SMILES string of the molecule is CCOC(=O)CC[n+]1ccc2nc(C(=O)OC(C)(C)C)ccc2c1.[Br-]. The van der Waals surface area contributed by atoms with Gasteiger partial charge in [-0.1, -0.05) is 0 Å². The zero-order chi connectivity index (χ0) is 17.7. The summed E-state index contributed by atoms with van der Waals surface area (Å²) in [6, 6.07) is 5.28. The summed E-state index contributed by atoms with van der Waals surface area (Å²) in [6.07, 6.45) is 4.03. The molecule has 6 nitrogen and oxygen atoms in total. The lowest BCUT2D eigenvalue weighted by Crippen LogP contribution is -3.00. The normalized spacial score (nSPS) is 10.9. The highest BCUT2D eigenvalue weighted by molar-refractivity contribution is 5.90. The molecule has 0 atom stereocenters. The molecule has 2 aromatic rings. The number of aryl methyl sites for hydroxylation is 1. The van der Waals surface area contributed by atoms with Crippen molar-refractivity contribution in [1.82, 2.24) is 4.98 Å². The Bertz CT molecular complexity index is 756. The van der Waals surface area contributed by atoms with Crippen molar-refractivity contribution >= 4 is 22.8 Å². The first-order chi connectivity index (χ1) is 11.3. The van der Waals surface area contributed by atoms with Gasteiger partial charge in [-0.15, -0.1) is 0 Å². The van der Waals surface area contributed by atoms with Crippen molar-refractivity contribution in [3.8, 4) is 0 Å². The summed E-state index contributed by atoms with van der Waals surface area (Å²) in [5.41, 5.74) is 0.424. The monoisotopic (exact) mass is 410 g/mol. The maximum atomic E-state index is 12.1. The van der Waals surface area contributed by atoms with E-state index in [4.69, 9.17) is 9.47 Å². The van der Waals surface area contributed by atoms with Gasteiger partial charge in [0.2, 0.25) is 0 Å². The molecule has 136 valence electrons. The second-order valence-corrected chi connectivity index (χ2v) is 6.41. The summed E-state index contributed by atoms with van der Waals surface area (Å²) >= 11 is 0. The first-order valence-electron chi connectivity index (χ1n) is 7.97. The summed E-state index contributed by atoms with van der Waals surface area (Å²) in [5, 5.41) is 0.883. The van der Waals surface area contributed by atoms with Gasteiger partial charge in [-0.25, -0.2) is 14.3 Å². The molecule has 0 aliphatic carbocycles. The van der Waals surface area contributed by atoms with E-state index in [9.17, 15) is 9.59 Å². The van der Waals surface area contributed by atoms with E-state index in [1.807, 2.05) is 49.9 Å². The number of ether oxygens (including phenoxy) is 2. The standard InChI is InChI=1S/C18H23N2O4.BrH/c1-5-23-16(21)9-11-20-10-8-14-13(12-20)6-7-15(19-14)17(22)24-18(2,3)4;/h6-8,10,12H,5,9,11H2,1-4H3;1H/q+1;/p-1. The molecule has 0 bridgehead atoms. The Labute approximate surface area is 157 Å². The molecule has 0 amide bonds. The van der Waals surface area contributed by atoms with Gasteiger partial charge in [-0.3, -0.25) is 4.79 Å². The number of rotatable bonds is 5. The van der Waals surface area contributed by atoms with Crippen LogP contribution in [0.25, 0.3) is 10.9 Å². The molecular weight excluding hydrogens is 388 g/mol. The van der Waals surface area contributed by atoms with Crippen LogP contribution in [0.15, 0.2) is 30.6 Å². The molecule has 0 N–H and O–H groups in total. The van der Waals surface area contributed by atoms with Crippen LogP contribution in [0.5, 0.6) is 0 Å². The maximum absolute atomic E-state index is 12.1. The van der Waals surface area contributed by atoms with Crippen LogP contribution in [0.1, 0.15) is 44.6 Å². The van der Waals surface area contributed by atoms with E-state index in [2.05, 4.69) is 4.98 Å². The smallest absolute Gasteiger partial charge is 0.357 e. The number of aromatic nitrogens is 2. The van der Waals surface area contributed by atoms with Gasteiger partial charge >= 0.3 is 11.9 Å². The molecule has 0 aromatic carbocycles. The quantitative estimate of drug-likeness (QED) is 0.487. The third-order valence-corrected chi connectivity index (χ3v) is 3.17. The van der Waals surface area contributed by atoms with Gasteiger partial charge in [0.05, 0.1) is 17.5 Å². The van der Waals surface area contributed by atoms with Crippen LogP contribution >= 0.6 is 0 Å². The average molecular weight is 411 g/mol. The molecule has 2 rings (SSSR count). The van der Waals surface area contributed by atoms with Crippen molar-refractivity contribution in [3.05, 3.63) is 36.3 Å². The number of halogens is 1. The number of esters is 2. The van der Waals surface area contributed by atoms with Crippen molar-refractivity contribution in [1.29, 1.82) is 0 Å². The lowest BCUT2D eigenvalue weighted by Gasteiger charge is -2.19. The number of hydrogen-bond donors (Lipinski definition) is 0. The van der Waals surface area contributed by atoms with Crippen molar-refractivity contribution in [2.24, 2.45) is 0 Å². The average Bonchev–Trinajstić information content (AvgIpc) is 2.51. The highest BCUT2D eigenvalue weighted by Gasteiger charge is 2.19. The lowest BCUT2D eigenvalue weighted by molar-refractivity contribution is -0.694. The first-order valence-corrected chi connectivity index (χ1v) is 7.97. The van der Waals surface area contributed by atoms with Crippen LogP contribution in [0.2, 0.25) is 0 Å². The van der Waals surface area contributed by atoms with E-state index in [1.54, 1.807) is 13.0 Å². The fourth-order valence-electron chi connectivity index (χ4n) is 2.15. The molecule has 0 spiro atoms. The van der Waals surface area contributed by atoms with Gasteiger partial charge in [0.15, 0.2) is 18.9 Å². The topological polar surface area (TPSA) is 69.4 Å². The number of carbonyl (C=O) groups excluding carboxylic acids is 2. The third-order valence-electron chi connectivity index (χ3n) is 3.17. The minimum Gasteiger partial charge on any atom is -1.00 e. The Kier molecular flexibility index (Phi) is 7.48. The van der Waals surface area contributed by atoms with Crippen LogP contribution in [-0.4, -0.2) is 29.1 Å². The fourth-order valence-corrected chi connectivity index (χ4v) is 2.15. The first kappa shape index (κ1) is 21.0. The zero-order valence-corrected chi connectivity index (χ0v) is 16.5. The van der Waals surface area contributed by atoms with E-state index in [0.29, 0.717) is 25.1 Å². The Morgan fingerprint density at radius 3 is 2.56 bits per heavy atom. The molecule has 0 aliphatic heterocycles. The number of pyridine rings is 2. The fraction of sp³-hybridized carbons (Fsp3) is 0.444. The second kappa shape index (κ2) is 8.89. The summed E-state index contributed by atoms with van der Waals surface area (Å²) in [7, 11) is 0. The zero-order valence-electron chi connectivity index (χ0n) is 14.9. The van der Waals surface area contributed by atoms with Gasteiger partial charge < -0.3 is 26.5 Å². The van der Waals surface area contributed by atoms with Crippen LogP contribution in [0.4, 0.5) is 0 Å². The number of nitrogens with zero attached hydrogens (tertiary/aromatic N) is 2. The molecule has 0 unspecified atom stereocenters. The summed E-state index contributed by atoms with van der Waals surface area (Å²) < 4.78 is 12.1. The Balaban J connectivity index is 0.00000312. The van der Waals surface area contributed by atoms with Crippen molar-refractivity contribution in [2.45, 2.75) is 46.3 Å². The largest absolute Gasteiger partial charge is 1.00 e. The molecule has 0 saturated heterocycles. The van der Waals surface area contributed by atoms with Crippen LogP contribution < -0.4 is 21.5 Å². The van der Waals surface area contributed by atoms with Gasteiger partial charge in [-0.05, 0) is 39.8 Å². The highest BCUT2D eigenvalue weighted by atomic mass is 79.9. The van der Waals surface area contributed by atoms with Crippen molar-refractivity contribution < 1.29 is 40.6 Å². The molecule has 0 fully saturated rings. The van der Waals surface area contributed by atoms with E-state index < -0.39 is 11.6 Å². The van der Waals surface area contributed by atoms with Crippen LogP contribution in [-0.2, 0) is 20.8 Å². The molecule has 2 aromatic heterocycles. The Morgan fingerprint density at radius 1 is 1.20 bits per heavy atom. The molecular formula is C18H23BrN2O4. The molecule has 0 saturated carbocycles. The number of fused-ring (bicyclic) bond motifs is 1. The highest BCUT2D eigenvalue weighted by Crippen LogP contribution is 2.14. The molecule has 0 radical (unpaired) electrons. The van der Waals surface area contributed by atoms with E-state index in [-0.39, 0.29) is 28.6 Å². The van der Waals surface area contributed by atoms with Crippen molar-refractivity contribution in [3.63, 3.8) is 0 Å². The molecule has 2 heterocycles. The maximum Gasteiger partial charge on any atom is 0.357 e. The Morgan fingerprint density at radius 2 is 1.92 bits per heavy atom. The summed E-state index contributed by atoms with van der Waals surface area (Å²) in [4.78, 5) is 27.8. The van der Waals surface area contributed by atoms with Gasteiger partial charge in [0, 0.05) is 6.07 Å². The van der Waals surface area contributed by atoms with Crippen molar-refractivity contribution in [2.75, 3.05) is 6.61 Å². The minimum atomic E-state index is -0.555. The predicted octanol–water partition coefficient (Wildman–Crippen LogP) is -0.565. The van der Waals surface area contributed by atoms with Crippen LogP contribution in [0, 0.1) is 0 Å². The van der Waals surface area contributed by atoms with Gasteiger partial charge in [0.25, 0.3) is 0 Å². The predicted molar refractivity (Wildman–Crippen MR) is 88.4 cm³/mol.